The van der Waals surface area contributed by atoms with Gasteiger partial charge in [0.05, 0.1) is 12.7 Å². The SMILES string of the molecule is COC[C@@H]1[C@H](NC(=O)Cn2ccc(=O)[nH]c2=O)[C@@H]2CCO[C@H]12. The van der Waals surface area contributed by atoms with Crippen molar-refractivity contribution in [3.05, 3.63) is 33.1 Å². The van der Waals surface area contributed by atoms with Crippen molar-refractivity contribution in [1.29, 1.82) is 0 Å². The van der Waals surface area contributed by atoms with Crippen LogP contribution in [0.15, 0.2) is 21.9 Å². The first-order valence-corrected chi connectivity index (χ1v) is 7.30. The maximum atomic E-state index is 12.1. The van der Waals surface area contributed by atoms with Crippen LogP contribution < -0.4 is 16.6 Å². The van der Waals surface area contributed by atoms with E-state index < -0.39 is 11.2 Å². The van der Waals surface area contributed by atoms with Crippen LogP contribution in [0, 0.1) is 11.8 Å². The number of fused-ring (bicyclic) bond motifs is 1. The summed E-state index contributed by atoms with van der Waals surface area (Å²) in [4.78, 5) is 36.9. The summed E-state index contributed by atoms with van der Waals surface area (Å²) in [6, 6.07) is 1.23. The number of nitrogens with one attached hydrogen (secondary N) is 2. The van der Waals surface area contributed by atoms with E-state index in [-0.39, 0.29) is 30.5 Å². The Kier molecular flexibility index (Phi) is 4.12. The Morgan fingerprint density at radius 1 is 1.55 bits per heavy atom. The molecule has 1 amide bonds. The van der Waals surface area contributed by atoms with Gasteiger partial charge in [-0.05, 0) is 6.42 Å². The first-order chi connectivity index (χ1) is 10.6. The van der Waals surface area contributed by atoms with Gasteiger partial charge in [-0.1, -0.05) is 0 Å². The van der Waals surface area contributed by atoms with Crippen molar-refractivity contribution in [2.75, 3.05) is 20.3 Å². The first-order valence-electron chi connectivity index (χ1n) is 7.30. The number of aromatic nitrogens is 2. The summed E-state index contributed by atoms with van der Waals surface area (Å²) in [6.45, 7) is 1.12. The van der Waals surface area contributed by atoms with Crippen LogP contribution in [0.1, 0.15) is 6.42 Å². The van der Waals surface area contributed by atoms with E-state index in [1.165, 1.54) is 16.8 Å². The summed E-state index contributed by atoms with van der Waals surface area (Å²) < 4.78 is 12.0. The van der Waals surface area contributed by atoms with E-state index in [4.69, 9.17) is 9.47 Å². The molecule has 0 unspecified atom stereocenters. The van der Waals surface area contributed by atoms with Crippen molar-refractivity contribution in [2.45, 2.75) is 25.1 Å². The number of methoxy groups -OCH3 is 1. The number of amides is 1. The highest BCUT2D eigenvalue weighted by atomic mass is 16.5. The summed E-state index contributed by atoms with van der Waals surface area (Å²) >= 11 is 0. The summed E-state index contributed by atoms with van der Waals surface area (Å²) in [5, 5.41) is 2.96. The highest BCUT2D eigenvalue weighted by Gasteiger charge is 2.54. The maximum absolute atomic E-state index is 12.1. The van der Waals surface area contributed by atoms with E-state index in [1.807, 2.05) is 0 Å². The van der Waals surface area contributed by atoms with Crippen molar-refractivity contribution in [3.8, 4) is 0 Å². The minimum absolute atomic E-state index is 0.0124. The predicted molar refractivity (Wildman–Crippen MR) is 76.5 cm³/mol. The molecule has 1 aromatic heterocycles. The van der Waals surface area contributed by atoms with Crippen molar-refractivity contribution in [2.24, 2.45) is 11.8 Å². The number of carbonyl (C=O) groups is 1. The topological polar surface area (TPSA) is 102 Å². The minimum atomic E-state index is -0.591. The van der Waals surface area contributed by atoms with Gasteiger partial charge < -0.3 is 14.8 Å². The van der Waals surface area contributed by atoms with Gasteiger partial charge >= 0.3 is 5.69 Å². The van der Waals surface area contributed by atoms with Crippen LogP contribution in [0.25, 0.3) is 0 Å². The molecule has 8 heteroatoms. The Balaban J connectivity index is 1.63. The zero-order chi connectivity index (χ0) is 15.7. The Morgan fingerprint density at radius 3 is 3.09 bits per heavy atom. The number of ether oxygens (including phenoxy) is 2. The van der Waals surface area contributed by atoms with Gasteiger partial charge in [-0.3, -0.25) is 19.1 Å². The molecule has 22 heavy (non-hydrogen) atoms. The lowest BCUT2D eigenvalue weighted by molar-refractivity contribution is -0.130. The standard InChI is InChI=1S/C14H19N3O5/c1-21-7-9-12(8-3-5-22-13(8)9)15-11(19)6-17-4-2-10(18)16-14(17)20/h2,4,8-9,12-13H,3,5-7H2,1H3,(H,15,19)(H,16,18,20)/t8-,9+,12+,13-/m0/s1. The van der Waals surface area contributed by atoms with Gasteiger partial charge in [0.1, 0.15) is 6.54 Å². The molecule has 0 bridgehead atoms. The fourth-order valence-electron chi connectivity index (χ4n) is 3.39. The van der Waals surface area contributed by atoms with E-state index in [0.29, 0.717) is 19.1 Å². The highest BCUT2D eigenvalue weighted by molar-refractivity contribution is 5.76. The van der Waals surface area contributed by atoms with Crippen LogP contribution >= 0.6 is 0 Å². The molecule has 1 aliphatic heterocycles. The van der Waals surface area contributed by atoms with Gasteiger partial charge in [0.25, 0.3) is 5.56 Å². The average molecular weight is 309 g/mol. The number of hydrogen-bond donors (Lipinski definition) is 2. The average Bonchev–Trinajstić information content (AvgIpc) is 2.90. The fourth-order valence-corrected chi connectivity index (χ4v) is 3.39. The molecule has 2 aliphatic rings. The van der Waals surface area contributed by atoms with Gasteiger partial charge in [0.15, 0.2) is 0 Å². The van der Waals surface area contributed by atoms with Crippen LogP contribution in [-0.4, -0.2) is 47.9 Å². The Hall–Kier alpha value is -1.93. The summed E-state index contributed by atoms with van der Waals surface area (Å²) in [5.74, 6) is 0.204. The third kappa shape index (κ3) is 2.71. The van der Waals surface area contributed by atoms with Gasteiger partial charge in [0.2, 0.25) is 5.91 Å². The van der Waals surface area contributed by atoms with Crippen LogP contribution in [-0.2, 0) is 20.8 Å². The molecule has 8 nitrogen and oxygen atoms in total. The normalized spacial score (nSPS) is 29.7. The predicted octanol–water partition coefficient (Wildman–Crippen LogP) is -1.30. The highest BCUT2D eigenvalue weighted by Crippen LogP contribution is 2.43. The molecule has 0 aromatic carbocycles. The largest absolute Gasteiger partial charge is 0.384 e. The van der Waals surface area contributed by atoms with E-state index in [2.05, 4.69) is 10.3 Å². The Bertz CT molecular complexity index is 667. The van der Waals surface area contributed by atoms with Crippen LogP contribution in [0.5, 0.6) is 0 Å². The lowest BCUT2D eigenvalue weighted by Gasteiger charge is -2.47. The third-order valence-corrected chi connectivity index (χ3v) is 4.43. The molecule has 4 atom stereocenters. The number of carbonyl (C=O) groups excluding carboxylic acids is 1. The van der Waals surface area contributed by atoms with Crippen LogP contribution in [0.2, 0.25) is 0 Å². The maximum Gasteiger partial charge on any atom is 0.328 e. The second kappa shape index (κ2) is 6.05. The second-order valence-corrected chi connectivity index (χ2v) is 5.74. The molecule has 0 radical (unpaired) electrons. The summed E-state index contributed by atoms with van der Waals surface area (Å²) in [5.41, 5.74) is -1.07. The molecular weight excluding hydrogens is 290 g/mol. The number of rotatable bonds is 5. The van der Waals surface area contributed by atoms with E-state index in [1.54, 1.807) is 7.11 Å². The fraction of sp³-hybridized carbons (Fsp3) is 0.643. The Morgan fingerprint density at radius 2 is 2.36 bits per heavy atom. The molecule has 2 N–H and O–H groups in total. The summed E-state index contributed by atoms with van der Waals surface area (Å²) in [7, 11) is 1.63. The number of nitrogens with zero attached hydrogens (tertiary/aromatic N) is 1. The smallest absolute Gasteiger partial charge is 0.328 e. The molecule has 0 spiro atoms. The van der Waals surface area contributed by atoms with Gasteiger partial charge in [0, 0.05) is 43.9 Å². The number of H-pyrrole nitrogens is 1. The van der Waals surface area contributed by atoms with Gasteiger partial charge in [-0.25, -0.2) is 4.79 Å². The van der Waals surface area contributed by atoms with Crippen molar-refractivity contribution < 1.29 is 14.3 Å². The van der Waals surface area contributed by atoms with Crippen molar-refractivity contribution >= 4 is 5.91 Å². The van der Waals surface area contributed by atoms with Crippen molar-refractivity contribution in [3.63, 3.8) is 0 Å². The minimum Gasteiger partial charge on any atom is -0.384 e. The molecule has 1 aliphatic carbocycles. The summed E-state index contributed by atoms with van der Waals surface area (Å²) in [6.07, 6.45) is 2.39. The Labute approximate surface area is 126 Å². The molecule has 1 aromatic rings. The third-order valence-electron chi connectivity index (χ3n) is 4.43. The molecule has 2 fully saturated rings. The van der Waals surface area contributed by atoms with E-state index in [0.717, 1.165) is 6.42 Å². The number of hydrogen-bond acceptors (Lipinski definition) is 5. The molecule has 120 valence electrons. The lowest BCUT2D eigenvalue weighted by atomic mass is 9.67. The van der Waals surface area contributed by atoms with Crippen LogP contribution in [0.4, 0.5) is 0 Å². The zero-order valence-electron chi connectivity index (χ0n) is 12.3. The monoisotopic (exact) mass is 309 g/mol. The quantitative estimate of drug-likeness (QED) is 0.704. The van der Waals surface area contributed by atoms with Gasteiger partial charge in [-0.2, -0.15) is 0 Å². The molecule has 1 saturated carbocycles. The second-order valence-electron chi connectivity index (χ2n) is 5.74. The van der Waals surface area contributed by atoms with E-state index >= 15 is 0 Å². The van der Waals surface area contributed by atoms with Crippen molar-refractivity contribution in [1.82, 2.24) is 14.9 Å². The molecule has 3 rings (SSSR count). The van der Waals surface area contributed by atoms with Gasteiger partial charge in [-0.15, -0.1) is 0 Å². The lowest BCUT2D eigenvalue weighted by Crippen LogP contribution is -2.63. The molecule has 2 heterocycles. The first kappa shape index (κ1) is 15.0. The van der Waals surface area contributed by atoms with Crippen LogP contribution in [0.3, 0.4) is 0 Å². The molecular formula is C14H19N3O5. The zero-order valence-corrected chi connectivity index (χ0v) is 12.3. The number of aromatic amines is 1. The van der Waals surface area contributed by atoms with E-state index in [9.17, 15) is 14.4 Å². The molecule has 1 saturated heterocycles.